The molecule has 1 N–H and O–H groups in total. The SMILES string of the molecule is Cn1cccc1-c1nc2cnc(NCCc3ccccc3S)nc2n1C1CC1. The summed E-state index contributed by atoms with van der Waals surface area (Å²) in [6, 6.07) is 12.8. The molecule has 0 radical (unpaired) electrons. The van der Waals surface area contributed by atoms with Crippen LogP contribution in [0.2, 0.25) is 0 Å². The van der Waals surface area contributed by atoms with Gasteiger partial charge in [0.05, 0.1) is 11.9 Å². The maximum atomic E-state index is 4.84. The van der Waals surface area contributed by atoms with Gasteiger partial charge in [0.2, 0.25) is 5.95 Å². The number of aromatic nitrogens is 5. The van der Waals surface area contributed by atoms with E-state index in [1.54, 1.807) is 0 Å². The first-order valence-electron chi connectivity index (χ1n) is 9.58. The second-order valence-corrected chi connectivity index (χ2v) is 7.73. The fourth-order valence-corrected chi connectivity index (χ4v) is 3.83. The molecule has 3 heterocycles. The summed E-state index contributed by atoms with van der Waals surface area (Å²) in [5.41, 5.74) is 4.07. The first-order chi connectivity index (χ1) is 13.7. The molecule has 1 aromatic carbocycles. The third-order valence-corrected chi connectivity index (χ3v) is 5.62. The van der Waals surface area contributed by atoms with Gasteiger partial charge in [0.1, 0.15) is 5.52 Å². The molecule has 0 saturated heterocycles. The minimum absolute atomic E-state index is 0.480. The van der Waals surface area contributed by atoms with Crippen LogP contribution in [0.1, 0.15) is 24.4 Å². The number of hydrogen-bond acceptors (Lipinski definition) is 5. The Bertz CT molecular complexity index is 1140. The second-order valence-electron chi connectivity index (χ2n) is 7.25. The second kappa shape index (κ2) is 6.98. The molecule has 142 valence electrons. The lowest BCUT2D eigenvalue weighted by Gasteiger charge is -2.09. The van der Waals surface area contributed by atoms with Crippen LogP contribution in [0.3, 0.4) is 0 Å². The largest absolute Gasteiger partial charge is 0.354 e. The van der Waals surface area contributed by atoms with Gasteiger partial charge in [-0.25, -0.2) is 9.97 Å². The molecular weight excluding hydrogens is 368 g/mol. The van der Waals surface area contributed by atoms with Crippen LogP contribution in [0, 0.1) is 0 Å². The Morgan fingerprint density at radius 2 is 2.00 bits per heavy atom. The van der Waals surface area contributed by atoms with Gasteiger partial charge >= 0.3 is 0 Å². The van der Waals surface area contributed by atoms with Crippen molar-refractivity contribution >= 4 is 29.7 Å². The van der Waals surface area contributed by atoms with Gasteiger partial charge in [-0.15, -0.1) is 12.6 Å². The molecule has 1 saturated carbocycles. The molecule has 0 bridgehead atoms. The molecule has 7 heteroatoms. The van der Waals surface area contributed by atoms with Crippen molar-refractivity contribution in [1.82, 2.24) is 24.1 Å². The molecule has 0 unspecified atom stereocenters. The number of fused-ring (bicyclic) bond motifs is 1. The van der Waals surface area contributed by atoms with E-state index >= 15 is 0 Å². The van der Waals surface area contributed by atoms with Crippen molar-refractivity contribution in [2.24, 2.45) is 7.05 Å². The summed E-state index contributed by atoms with van der Waals surface area (Å²) in [4.78, 5) is 15.1. The van der Waals surface area contributed by atoms with E-state index in [0.717, 1.165) is 40.5 Å². The molecule has 6 nitrogen and oxygen atoms in total. The highest BCUT2D eigenvalue weighted by atomic mass is 32.1. The van der Waals surface area contributed by atoms with Gasteiger partial charge in [0, 0.05) is 30.7 Å². The van der Waals surface area contributed by atoms with E-state index in [9.17, 15) is 0 Å². The molecule has 4 aromatic rings. The Labute approximate surface area is 169 Å². The van der Waals surface area contributed by atoms with E-state index < -0.39 is 0 Å². The Morgan fingerprint density at radius 1 is 1.14 bits per heavy atom. The van der Waals surface area contributed by atoms with Crippen LogP contribution >= 0.6 is 12.6 Å². The van der Waals surface area contributed by atoms with E-state index in [-0.39, 0.29) is 0 Å². The molecule has 5 rings (SSSR count). The Morgan fingerprint density at radius 3 is 2.75 bits per heavy atom. The van der Waals surface area contributed by atoms with E-state index in [1.165, 1.54) is 18.4 Å². The minimum atomic E-state index is 0.480. The van der Waals surface area contributed by atoms with E-state index in [4.69, 9.17) is 9.97 Å². The van der Waals surface area contributed by atoms with Crippen molar-refractivity contribution in [3.8, 4) is 11.5 Å². The maximum absolute atomic E-state index is 4.84. The number of nitrogens with one attached hydrogen (secondary N) is 1. The molecule has 1 aliphatic rings. The predicted octanol–water partition coefficient (Wildman–Crippen LogP) is 4.11. The van der Waals surface area contributed by atoms with Crippen molar-refractivity contribution in [2.75, 3.05) is 11.9 Å². The maximum Gasteiger partial charge on any atom is 0.224 e. The number of imidazole rings is 1. The third-order valence-electron chi connectivity index (χ3n) is 5.19. The molecule has 0 atom stereocenters. The van der Waals surface area contributed by atoms with Gasteiger partial charge in [-0.2, -0.15) is 4.98 Å². The summed E-state index contributed by atoms with van der Waals surface area (Å²) in [5, 5.41) is 3.35. The van der Waals surface area contributed by atoms with Gasteiger partial charge in [-0.3, -0.25) is 0 Å². The Hall–Kier alpha value is -2.80. The summed E-state index contributed by atoms with van der Waals surface area (Å²) in [6.07, 6.45) is 7.09. The average molecular weight is 391 g/mol. The van der Waals surface area contributed by atoms with Crippen molar-refractivity contribution in [3.63, 3.8) is 0 Å². The molecule has 0 amide bonds. The third kappa shape index (κ3) is 3.16. The summed E-state index contributed by atoms with van der Waals surface area (Å²) in [5.74, 6) is 1.62. The van der Waals surface area contributed by atoms with Crippen LogP contribution < -0.4 is 5.32 Å². The van der Waals surface area contributed by atoms with Crippen molar-refractivity contribution in [3.05, 3.63) is 54.4 Å². The van der Waals surface area contributed by atoms with E-state index in [0.29, 0.717) is 12.0 Å². The lowest BCUT2D eigenvalue weighted by Crippen LogP contribution is -2.09. The number of aryl methyl sites for hydroxylation is 1. The van der Waals surface area contributed by atoms with Crippen LogP contribution in [-0.4, -0.2) is 30.6 Å². The zero-order valence-corrected chi connectivity index (χ0v) is 16.6. The summed E-state index contributed by atoms with van der Waals surface area (Å²) in [7, 11) is 2.05. The normalized spacial score (nSPS) is 13.9. The van der Waals surface area contributed by atoms with Gasteiger partial charge in [-0.05, 0) is 43.0 Å². The van der Waals surface area contributed by atoms with Gasteiger partial charge in [0.15, 0.2) is 11.5 Å². The van der Waals surface area contributed by atoms with Crippen LogP contribution in [-0.2, 0) is 13.5 Å². The highest BCUT2D eigenvalue weighted by Crippen LogP contribution is 2.40. The van der Waals surface area contributed by atoms with Crippen molar-refractivity contribution in [1.29, 1.82) is 0 Å². The number of benzene rings is 1. The van der Waals surface area contributed by atoms with Gasteiger partial charge in [0.25, 0.3) is 0 Å². The summed E-state index contributed by atoms with van der Waals surface area (Å²) < 4.78 is 4.38. The lowest BCUT2D eigenvalue weighted by molar-refractivity contribution is 0.755. The molecule has 0 aliphatic heterocycles. The van der Waals surface area contributed by atoms with E-state index in [1.807, 2.05) is 43.7 Å². The first kappa shape index (κ1) is 17.3. The number of anilines is 1. The smallest absolute Gasteiger partial charge is 0.224 e. The average Bonchev–Trinajstić information content (AvgIpc) is 3.33. The van der Waals surface area contributed by atoms with Gasteiger partial charge < -0.3 is 14.5 Å². The molecule has 28 heavy (non-hydrogen) atoms. The number of hydrogen-bond donors (Lipinski definition) is 2. The molecule has 1 aliphatic carbocycles. The molecular formula is C21H22N6S. The number of thiol groups is 1. The van der Waals surface area contributed by atoms with Crippen LogP contribution in [0.25, 0.3) is 22.7 Å². The zero-order valence-electron chi connectivity index (χ0n) is 15.7. The highest BCUT2D eigenvalue weighted by Gasteiger charge is 2.30. The van der Waals surface area contributed by atoms with Crippen LogP contribution in [0.4, 0.5) is 5.95 Å². The Balaban J connectivity index is 1.43. The van der Waals surface area contributed by atoms with E-state index in [2.05, 4.69) is 44.2 Å². The fourth-order valence-electron chi connectivity index (χ4n) is 3.56. The summed E-state index contributed by atoms with van der Waals surface area (Å²) >= 11 is 4.52. The molecule has 3 aromatic heterocycles. The number of nitrogens with zero attached hydrogens (tertiary/aromatic N) is 5. The topological polar surface area (TPSA) is 60.6 Å². The fraction of sp³-hybridized carbons (Fsp3) is 0.286. The zero-order chi connectivity index (χ0) is 19.1. The predicted molar refractivity (Wildman–Crippen MR) is 114 cm³/mol. The summed E-state index contributed by atoms with van der Waals surface area (Å²) in [6.45, 7) is 0.755. The standard InChI is InChI=1S/C21H22N6S/c1-26-12-4-6-17(26)20-24-16-13-23-21(25-19(16)27(20)15-8-9-15)22-11-10-14-5-2-3-7-18(14)28/h2-7,12-13,15,28H,8-11H2,1H3,(H,22,23,25). The minimum Gasteiger partial charge on any atom is -0.354 e. The van der Waals surface area contributed by atoms with Crippen molar-refractivity contribution < 1.29 is 0 Å². The monoisotopic (exact) mass is 390 g/mol. The van der Waals surface area contributed by atoms with Gasteiger partial charge in [-0.1, -0.05) is 18.2 Å². The highest BCUT2D eigenvalue weighted by molar-refractivity contribution is 7.80. The molecule has 1 fully saturated rings. The van der Waals surface area contributed by atoms with Crippen molar-refractivity contribution in [2.45, 2.75) is 30.2 Å². The van der Waals surface area contributed by atoms with Crippen LogP contribution in [0.15, 0.2) is 53.7 Å². The lowest BCUT2D eigenvalue weighted by atomic mass is 10.1. The quantitative estimate of drug-likeness (QED) is 0.487. The number of rotatable bonds is 6. The Kier molecular flexibility index (Phi) is 4.31. The molecule has 0 spiro atoms. The first-order valence-corrected chi connectivity index (χ1v) is 10.0. The van der Waals surface area contributed by atoms with Crippen LogP contribution in [0.5, 0.6) is 0 Å².